The number of carbonyl (C=O) groups excluding carboxylic acids is 1. The van der Waals surface area contributed by atoms with Crippen LogP contribution in [0.3, 0.4) is 0 Å². The van der Waals surface area contributed by atoms with Crippen molar-refractivity contribution in [3.63, 3.8) is 0 Å². The maximum absolute atomic E-state index is 12.3. The summed E-state index contributed by atoms with van der Waals surface area (Å²) in [5, 5.41) is 11.8. The molecule has 0 saturated heterocycles. The van der Waals surface area contributed by atoms with Crippen LogP contribution in [0.15, 0.2) is 23.1 Å². The number of hydrogen-bond donors (Lipinski definition) is 2. The topological polar surface area (TPSA) is 110 Å². The van der Waals surface area contributed by atoms with E-state index >= 15 is 0 Å². The van der Waals surface area contributed by atoms with E-state index in [1.54, 1.807) is 7.11 Å². The highest BCUT2D eigenvalue weighted by Crippen LogP contribution is 2.29. The number of carbonyl (C=O) groups is 2. The van der Waals surface area contributed by atoms with Crippen LogP contribution in [0.2, 0.25) is 0 Å². The highest BCUT2D eigenvalue weighted by molar-refractivity contribution is 7.90. The maximum Gasteiger partial charge on any atom is 0.335 e. The van der Waals surface area contributed by atoms with E-state index in [-0.39, 0.29) is 34.1 Å². The van der Waals surface area contributed by atoms with E-state index in [1.807, 2.05) is 0 Å². The van der Waals surface area contributed by atoms with Gasteiger partial charge in [0.05, 0.1) is 16.6 Å². The second-order valence-corrected chi connectivity index (χ2v) is 8.48. The van der Waals surface area contributed by atoms with Crippen LogP contribution in [0.1, 0.15) is 42.5 Å². The Kier molecular flexibility index (Phi) is 6.18. The van der Waals surface area contributed by atoms with Crippen LogP contribution in [-0.4, -0.2) is 44.9 Å². The second-order valence-electron chi connectivity index (χ2n) is 6.47. The average molecular weight is 369 g/mol. The van der Waals surface area contributed by atoms with Gasteiger partial charge in [0.15, 0.2) is 9.84 Å². The molecule has 1 aliphatic rings. The van der Waals surface area contributed by atoms with E-state index in [0.29, 0.717) is 6.42 Å². The minimum absolute atomic E-state index is 0.139. The normalized spacial score (nSPS) is 20.9. The molecule has 0 heterocycles. The minimum atomic E-state index is -3.59. The molecule has 1 amide bonds. The first-order chi connectivity index (χ1) is 11.7. The number of methoxy groups -OCH3 is 1. The van der Waals surface area contributed by atoms with Gasteiger partial charge in [-0.2, -0.15) is 0 Å². The van der Waals surface area contributed by atoms with Crippen molar-refractivity contribution >= 4 is 27.4 Å². The van der Waals surface area contributed by atoms with Crippen molar-refractivity contribution in [2.45, 2.75) is 43.1 Å². The van der Waals surface area contributed by atoms with Gasteiger partial charge in [0.25, 0.3) is 0 Å². The quantitative estimate of drug-likeness (QED) is 0.796. The summed E-state index contributed by atoms with van der Waals surface area (Å²) in [6, 6.07) is 3.61. The zero-order valence-electron chi connectivity index (χ0n) is 14.3. The molecule has 138 valence electrons. The van der Waals surface area contributed by atoms with Crippen LogP contribution in [0.5, 0.6) is 0 Å². The van der Waals surface area contributed by atoms with Crippen molar-refractivity contribution in [1.29, 1.82) is 0 Å². The SMILES string of the molecule is COC1CCCC(CC(=O)Nc2cc(C(=O)O)cc(S(C)(=O)=O)c2)C1. The Hall–Kier alpha value is -1.93. The number of benzene rings is 1. The molecule has 2 unspecified atom stereocenters. The van der Waals surface area contributed by atoms with Gasteiger partial charge < -0.3 is 15.2 Å². The Morgan fingerprint density at radius 2 is 2.00 bits per heavy atom. The number of aromatic carboxylic acids is 1. The number of carboxylic acids is 1. The molecule has 1 aromatic rings. The lowest BCUT2D eigenvalue weighted by Crippen LogP contribution is -2.25. The Morgan fingerprint density at radius 3 is 2.60 bits per heavy atom. The molecule has 1 aromatic carbocycles. The van der Waals surface area contributed by atoms with Crippen molar-refractivity contribution in [1.82, 2.24) is 0 Å². The van der Waals surface area contributed by atoms with Gasteiger partial charge in [-0.25, -0.2) is 13.2 Å². The fourth-order valence-corrected chi connectivity index (χ4v) is 3.81. The molecule has 2 atom stereocenters. The van der Waals surface area contributed by atoms with E-state index in [0.717, 1.165) is 38.0 Å². The van der Waals surface area contributed by atoms with E-state index in [1.165, 1.54) is 12.1 Å². The van der Waals surface area contributed by atoms with Crippen molar-refractivity contribution in [3.05, 3.63) is 23.8 Å². The summed E-state index contributed by atoms with van der Waals surface area (Å²) in [5.74, 6) is -1.31. The molecule has 0 spiro atoms. The number of amides is 1. The average Bonchev–Trinajstić information content (AvgIpc) is 2.53. The van der Waals surface area contributed by atoms with Gasteiger partial charge >= 0.3 is 5.97 Å². The first-order valence-electron chi connectivity index (χ1n) is 8.10. The molecule has 2 rings (SSSR count). The number of anilines is 1. The van der Waals surface area contributed by atoms with Gasteiger partial charge in [0.2, 0.25) is 5.91 Å². The van der Waals surface area contributed by atoms with Crippen LogP contribution < -0.4 is 5.32 Å². The van der Waals surface area contributed by atoms with E-state index in [4.69, 9.17) is 9.84 Å². The third kappa shape index (κ3) is 5.54. The number of sulfone groups is 1. The van der Waals surface area contributed by atoms with Gasteiger partial charge in [-0.15, -0.1) is 0 Å². The molecule has 2 N–H and O–H groups in total. The first-order valence-corrected chi connectivity index (χ1v) is 9.99. The van der Waals surface area contributed by atoms with Crippen LogP contribution in [0, 0.1) is 5.92 Å². The van der Waals surface area contributed by atoms with Crippen molar-refractivity contribution < 1.29 is 27.9 Å². The van der Waals surface area contributed by atoms with Gasteiger partial charge in [0, 0.05) is 25.5 Å². The van der Waals surface area contributed by atoms with Gasteiger partial charge in [-0.1, -0.05) is 6.42 Å². The molecule has 1 fully saturated rings. The molecule has 1 aliphatic carbocycles. The highest BCUT2D eigenvalue weighted by Gasteiger charge is 2.24. The molecule has 0 radical (unpaired) electrons. The lowest BCUT2D eigenvalue weighted by atomic mass is 9.85. The number of ether oxygens (including phenoxy) is 1. The zero-order chi connectivity index (χ0) is 18.6. The second kappa shape index (κ2) is 7.97. The summed E-state index contributed by atoms with van der Waals surface area (Å²) in [4.78, 5) is 23.3. The van der Waals surface area contributed by atoms with Crippen LogP contribution in [-0.2, 0) is 19.4 Å². The number of rotatable bonds is 6. The van der Waals surface area contributed by atoms with Gasteiger partial charge in [-0.05, 0) is 43.4 Å². The summed E-state index contributed by atoms with van der Waals surface area (Å²) in [6.45, 7) is 0. The summed E-state index contributed by atoms with van der Waals surface area (Å²) in [7, 11) is -1.92. The standard InChI is InChI=1S/C17H23NO6S/c1-24-14-5-3-4-11(6-14)7-16(19)18-13-8-12(17(20)21)9-15(10-13)25(2,22)23/h8-11,14H,3-7H2,1-2H3,(H,18,19)(H,20,21). The monoisotopic (exact) mass is 369 g/mol. The molecule has 0 aliphatic heterocycles. The predicted octanol–water partition coefficient (Wildman–Crippen LogP) is 2.32. The Labute approximate surface area is 147 Å². The third-order valence-corrected chi connectivity index (χ3v) is 5.50. The summed E-state index contributed by atoms with van der Waals surface area (Å²) in [6.07, 6.45) is 5.21. The fourth-order valence-electron chi connectivity index (χ4n) is 3.12. The van der Waals surface area contributed by atoms with E-state index in [2.05, 4.69) is 5.32 Å². The fraction of sp³-hybridized carbons (Fsp3) is 0.529. The number of nitrogens with one attached hydrogen (secondary N) is 1. The maximum atomic E-state index is 12.3. The smallest absolute Gasteiger partial charge is 0.335 e. The first kappa shape index (κ1) is 19.4. The van der Waals surface area contributed by atoms with Crippen molar-refractivity contribution in [2.24, 2.45) is 5.92 Å². The summed E-state index contributed by atoms with van der Waals surface area (Å²) in [5.41, 5.74) is -0.0141. The van der Waals surface area contributed by atoms with Crippen molar-refractivity contribution in [2.75, 3.05) is 18.7 Å². The lowest BCUT2D eigenvalue weighted by molar-refractivity contribution is -0.117. The largest absolute Gasteiger partial charge is 0.478 e. The molecule has 0 bridgehead atoms. The molecule has 7 nitrogen and oxygen atoms in total. The molecular formula is C17H23NO6S. The third-order valence-electron chi connectivity index (χ3n) is 4.41. The zero-order valence-corrected chi connectivity index (χ0v) is 15.1. The van der Waals surface area contributed by atoms with Crippen molar-refractivity contribution in [3.8, 4) is 0 Å². The molecule has 8 heteroatoms. The van der Waals surface area contributed by atoms with Crippen LogP contribution in [0.25, 0.3) is 0 Å². The highest BCUT2D eigenvalue weighted by atomic mass is 32.2. The lowest BCUT2D eigenvalue weighted by Gasteiger charge is -2.27. The summed E-state index contributed by atoms with van der Waals surface area (Å²) >= 11 is 0. The molecule has 1 saturated carbocycles. The molecule has 25 heavy (non-hydrogen) atoms. The molecule has 0 aromatic heterocycles. The number of hydrogen-bond acceptors (Lipinski definition) is 5. The van der Waals surface area contributed by atoms with Crippen LogP contribution in [0.4, 0.5) is 5.69 Å². The van der Waals surface area contributed by atoms with Gasteiger partial charge in [-0.3, -0.25) is 4.79 Å². The van der Waals surface area contributed by atoms with Gasteiger partial charge in [0.1, 0.15) is 0 Å². The Morgan fingerprint density at radius 1 is 1.28 bits per heavy atom. The minimum Gasteiger partial charge on any atom is -0.478 e. The van der Waals surface area contributed by atoms with Crippen LogP contribution >= 0.6 is 0 Å². The van der Waals surface area contributed by atoms with E-state index in [9.17, 15) is 18.0 Å². The Balaban J connectivity index is 2.12. The Bertz CT molecular complexity index is 758. The molecular weight excluding hydrogens is 346 g/mol. The summed E-state index contributed by atoms with van der Waals surface area (Å²) < 4.78 is 28.8. The van der Waals surface area contributed by atoms with E-state index < -0.39 is 15.8 Å². The number of carboxylic acid groups (broad SMARTS) is 1. The predicted molar refractivity (Wildman–Crippen MR) is 92.5 cm³/mol.